The number of nitrogens with zero attached hydrogens (tertiary/aromatic N) is 4. The van der Waals surface area contributed by atoms with Crippen LogP contribution in [0.2, 0.25) is 0 Å². The number of ether oxygens (including phenoxy) is 2. The van der Waals surface area contributed by atoms with E-state index in [-0.39, 0.29) is 29.7 Å². The van der Waals surface area contributed by atoms with Crippen LogP contribution in [-0.4, -0.2) is 31.7 Å². The standard InChI is InChI=1S/C25H31BrN4O5/c1-16(2)14-30-23-22(24(32)29(4)25(30)33)27-19(11-6-5-9-13-34-17(3)31)20(28-23)15-35-21-12-8-7-10-18(21)26/h7-8,10,12,16H,5-6,9,11,13-15H2,1-4H3. The summed E-state index contributed by atoms with van der Waals surface area (Å²) < 4.78 is 14.4. The number of hydrogen-bond acceptors (Lipinski definition) is 7. The molecule has 3 rings (SSSR count). The van der Waals surface area contributed by atoms with Gasteiger partial charge in [-0.15, -0.1) is 0 Å². The highest BCUT2D eigenvalue weighted by Gasteiger charge is 2.19. The van der Waals surface area contributed by atoms with Crippen LogP contribution in [0.5, 0.6) is 5.75 Å². The molecule has 0 fully saturated rings. The van der Waals surface area contributed by atoms with Crippen molar-refractivity contribution in [2.75, 3.05) is 6.61 Å². The van der Waals surface area contributed by atoms with E-state index in [0.29, 0.717) is 36.7 Å². The first-order chi connectivity index (χ1) is 16.7. The minimum absolute atomic E-state index is 0.138. The van der Waals surface area contributed by atoms with Gasteiger partial charge in [0.05, 0.1) is 16.8 Å². The van der Waals surface area contributed by atoms with Gasteiger partial charge in [0.1, 0.15) is 18.1 Å². The number of rotatable bonds is 11. The molecule has 0 unspecified atom stereocenters. The van der Waals surface area contributed by atoms with E-state index in [1.54, 1.807) is 0 Å². The number of unbranched alkanes of at least 4 members (excludes halogenated alkanes) is 2. The summed E-state index contributed by atoms with van der Waals surface area (Å²) in [5.41, 5.74) is 0.805. The van der Waals surface area contributed by atoms with Gasteiger partial charge in [0.15, 0.2) is 11.2 Å². The van der Waals surface area contributed by atoms with Gasteiger partial charge < -0.3 is 9.47 Å². The molecule has 0 aliphatic rings. The molecule has 0 bridgehead atoms. The largest absolute Gasteiger partial charge is 0.486 e. The van der Waals surface area contributed by atoms with Crippen molar-refractivity contribution in [3.63, 3.8) is 0 Å². The second-order valence-electron chi connectivity index (χ2n) is 8.81. The highest BCUT2D eigenvalue weighted by Crippen LogP contribution is 2.25. The Morgan fingerprint density at radius 2 is 1.83 bits per heavy atom. The highest BCUT2D eigenvalue weighted by molar-refractivity contribution is 9.10. The zero-order valence-electron chi connectivity index (χ0n) is 20.5. The minimum Gasteiger partial charge on any atom is -0.486 e. The van der Waals surface area contributed by atoms with Crippen LogP contribution < -0.4 is 16.0 Å². The van der Waals surface area contributed by atoms with Crippen LogP contribution in [0.25, 0.3) is 11.2 Å². The third kappa shape index (κ3) is 6.78. The molecule has 0 aliphatic carbocycles. The number of halogens is 1. The van der Waals surface area contributed by atoms with E-state index in [9.17, 15) is 14.4 Å². The Balaban J connectivity index is 1.98. The van der Waals surface area contributed by atoms with E-state index in [1.165, 1.54) is 18.5 Å². The molecule has 0 radical (unpaired) electrons. The normalized spacial score (nSPS) is 11.3. The van der Waals surface area contributed by atoms with E-state index in [4.69, 9.17) is 19.4 Å². The Labute approximate surface area is 212 Å². The van der Waals surface area contributed by atoms with Crippen molar-refractivity contribution in [2.45, 2.75) is 59.6 Å². The lowest BCUT2D eigenvalue weighted by molar-refractivity contribution is -0.141. The summed E-state index contributed by atoms with van der Waals surface area (Å²) in [4.78, 5) is 46.2. The molecule has 188 valence electrons. The summed E-state index contributed by atoms with van der Waals surface area (Å²) >= 11 is 3.48. The van der Waals surface area contributed by atoms with Gasteiger partial charge in [-0.05, 0) is 59.7 Å². The van der Waals surface area contributed by atoms with E-state index in [1.807, 2.05) is 38.1 Å². The molecule has 9 nitrogen and oxygen atoms in total. The molecular formula is C25H31BrN4O5. The first kappa shape index (κ1) is 26.6. The number of hydrogen-bond donors (Lipinski definition) is 0. The lowest BCUT2D eigenvalue weighted by Gasteiger charge is -2.16. The van der Waals surface area contributed by atoms with E-state index >= 15 is 0 Å². The molecule has 1 aromatic carbocycles. The Bertz CT molecular complexity index is 1320. The van der Waals surface area contributed by atoms with Crippen LogP contribution >= 0.6 is 15.9 Å². The number of aryl methyl sites for hydroxylation is 1. The predicted molar refractivity (Wildman–Crippen MR) is 137 cm³/mol. The molecular weight excluding hydrogens is 516 g/mol. The monoisotopic (exact) mass is 546 g/mol. The predicted octanol–water partition coefficient (Wildman–Crippen LogP) is 3.76. The molecule has 3 aromatic rings. The summed E-state index contributed by atoms with van der Waals surface area (Å²) in [5, 5.41) is 0. The van der Waals surface area contributed by atoms with Gasteiger partial charge in [-0.25, -0.2) is 14.8 Å². The second-order valence-corrected chi connectivity index (χ2v) is 9.66. The summed E-state index contributed by atoms with van der Waals surface area (Å²) in [6, 6.07) is 7.50. The van der Waals surface area contributed by atoms with Crippen LogP contribution in [0.1, 0.15) is 51.4 Å². The number of aromatic nitrogens is 4. The molecule has 10 heteroatoms. The number of esters is 1. The van der Waals surface area contributed by atoms with E-state index < -0.39 is 11.2 Å². The molecule has 0 aliphatic heterocycles. The van der Waals surface area contributed by atoms with Crippen molar-refractivity contribution in [3.8, 4) is 5.75 Å². The average molecular weight is 547 g/mol. The maximum atomic E-state index is 12.9. The average Bonchev–Trinajstić information content (AvgIpc) is 2.81. The summed E-state index contributed by atoms with van der Waals surface area (Å²) in [7, 11) is 1.46. The zero-order valence-corrected chi connectivity index (χ0v) is 22.1. The molecule has 0 spiro atoms. The highest BCUT2D eigenvalue weighted by atomic mass is 79.9. The molecule has 35 heavy (non-hydrogen) atoms. The van der Waals surface area contributed by atoms with Crippen LogP contribution in [0.15, 0.2) is 38.3 Å². The van der Waals surface area contributed by atoms with Crippen molar-refractivity contribution in [1.82, 2.24) is 19.1 Å². The van der Waals surface area contributed by atoms with Crippen molar-refractivity contribution < 1.29 is 14.3 Å². The quantitative estimate of drug-likeness (QED) is 0.266. The molecule has 0 saturated heterocycles. The Hall–Kier alpha value is -3.01. The van der Waals surface area contributed by atoms with Crippen LogP contribution in [0.4, 0.5) is 0 Å². The van der Waals surface area contributed by atoms with Gasteiger partial charge >= 0.3 is 11.7 Å². The van der Waals surface area contributed by atoms with Gasteiger partial charge in [0, 0.05) is 20.5 Å². The molecule has 0 saturated carbocycles. The van der Waals surface area contributed by atoms with Crippen molar-refractivity contribution in [2.24, 2.45) is 13.0 Å². The van der Waals surface area contributed by atoms with Crippen LogP contribution in [0, 0.1) is 5.92 Å². The number of carbonyl (C=O) groups excluding carboxylic acids is 1. The first-order valence-electron chi connectivity index (χ1n) is 11.7. The van der Waals surface area contributed by atoms with Gasteiger partial charge in [-0.2, -0.15) is 0 Å². The summed E-state index contributed by atoms with van der Waals surface area (Å²) in [6.45, 7) is 6.31. The fourth-order valence-electron chi connectivity index (χ4n) is 3.68. The van der Waals surface area contributed by atoms with E-state index in [2.05, 4.69) is 15.9 Å². The van der Waals surface area contributed by atoms with Crippen LogP contribution in [0.3, 0.4) is 0 Å². The Kier molecular flexibility index (Phi) is 9.20. The fourth-order valence-corrected chi connectivity index (χ4v) is 4.08. The van der Waals surface area contributed by atoms with Crippen molar-refractivity contribution in [1.29, 1.82) is 0 Å². The Morgan fingerprint density at radius 3 is 2.51 bits per heavy atom. The maximum absolute atomic E-state index is 12.9. The number of benzene rings is 1. The lowest BCUT2D eigenvalue weighted by atomic mass is 10.1. The third-order valence-electron chi connectivity index (χ3n) is 5.43. The van der Waals surface area contributed by atoms with Crippen molar-refractivity contribution >= 4 is 33.1 Å². The molecule has 2 heterocycles. The van der Waals surface area contributed by atoms with Gasteiger partial charge in [0.25, 0.3) is 5.56 Å². The fraction of sp³-hybridized carbons (Fsp3) is 0.480. The molecule has 0 amide bonds. The lowest BCUT2D eigenvalue weighted by Crippen LogP contribution is -2.40. The van der Waals surface area contributed by atoms with Gasteiger partial charge in [-0.1, -0.05) is 26.0 Å². The molecule has 0 N–H and O–H groups in total. The van der Waals surface area contributed by atoms with Gasteiger partial charge in [0.2, 0.25) is 0 Å². The number of fused-ring (bicyclic) bond motifs is 1. The number of carbonyl (C=O) groups is 1. The summed E-state index contributed by atoms with van der Waals surface area (Å²) in [5.74, 6) is 0.539. The van der Waals surface area contributed by atoms with Crippen LogP contribution in [-0.2, 0) is 36.2 Å². The van der Waals surface area contributed by atoms with E-state index in [0.717, 1.165) is 28.3 Å². The second kappa shape index (κ2) is 12.1. The SMILES string of the molecule is CC(=O)OCCCCCc1nc2c(=O)n(C)c(=O)n(CC(C)C)c2nc1COc1ccccc1Br. The molecule has 0 atom stereocenters. The maximum Gasteiger partial charge on any atom is 0.332 e. The Morgan fingerprint density at radius 1 is 1.09 bits per heavy atom. The van der Waals surface area contributed by atoms with Gasteiger partial charge in [-0.3, -0.25) is 18.7 Å². The van der Waals surface area contributed by atoms with Crippen molar-refractivity contribution in [3.05, 3.63) is 61.0 Å². The number of para-hydroxylation sites is 1. The smallest absolute Gasteiger partial charge is 0.332 e. The summed E-state index contributed by atoms with van der Waals surface area (Å²) in [6.07, 6.45) is 2.90. The third-order valence-corrected chi connectivity index (χ3v) is 6.08. The topological polar surface area (TPSA) is 105 Å². The minimum atomic E-state index is -0.466. The molecule has 2 aromatic heterocycles. The first-order valence-corrected chi connectivity index (χ1v) is 12.5. The zero-order chi connectivity index (χ0) is 25.5.